The average Bonchev–Trinajstić information content (AvgIpc) is 2.48. The van der Waals surface area contributed by atoms with E-state index < -0.39 is 16.1 Å². The second kappa shape index (κ2) is 5.50. The minimum atomic E-state index is -2.08. The molecular formula is C17H22OSi2. The van der Waals surface area contributed by atoms with Gasteiger partial charge in [0.1, 0.15) is 5.03 Å². The Hall–Kier alpha value is -1.46. The SMILES string of the molecule is C[Si](C)(C(=O)[Si](C)(C)c1ccccc1)c1ccccc1. The molecule has 1 nitrogen and oxygen atoms in total. The molecule has 0 amide bonds. The van der Waals surface area contributed by atoms with Crippen LogP contribution in [-0.4, -0.2) is 21.2 Å². The van der Waals surface area contributed by atoms with Gasteiger partial charge >= 0.3 is 0 Å². The maximum absolute atomic E-state index is 13.2. The summed E-state index contributed by atoms with van der Waals surface area (Å²) >= 11 is 0. The second-order valence-corrected chi connectivity index (χ2v) is 15.4. The van der Waals surface area contributed by atoms with Gasteiger partial charge in [0.25, 0.3) is 0 Å². The molecule has 0 bridgehead atoms. The molecular weight excluding hydrogens is 276 g/mol. The molecule has 0 radical (unpaired) electrons. The molecule has 0 fully saturated rings. The highest BCUT2D eigenvalue weighted by Crippen LogP contribution is 2.16. The highest BCUT2D eigenvalue weighted by atomic mass is 28.4. The van der Waals surface area contributed by atoms with E-state index in [4.69, 9.17) is 0 Å². The van der Waals surface area contributed by atoms with E-state index in [-0.39, 0.29) is 0 Å². The van der Waals surface area contributed by atoms with Crippen LogP contribution in [0.5, 0.6) is 0 Å². The van der Waals surface area contributed by atoms with Crippen LogP contribution in [0.1, 0.15) is 0 Å². The molecule has 0 unspecified atom stereocenters. The Labute approximate surface area is 123 Å². The maximum Gasteiger partial charge on any atom is 0.151 e. The zero-order valence-corrected chi connectivity index (χ0v) is 14.7. The van der Waals surface area contributed by atoms with Crippen molar-refractivity contribution in [3.8, 4) is 0 Å². The molecule has 0 saturated carbocycles. The van der Waals surface area contributed by atoms with Gasteiger partial charge < -0.3 is 4.79 Å². The molecule has 0 aliphatic carbocycles. The largest absolute Gasteiger partial charge is 0.310 e. The van der Waals surface area contributed by atoms with E-state index in [0.29, 0.717) is 5.03 Å². The van der Waals surface area contributed by atoms with Crippen LogP contribution in [0.25, 0.3) is 0 Å². The molecule has 2 aromatic carbocycles. The normalized spacial score (nSPS) is 12.2. The van der Waals surface area contributed by atoms with Crippen molar-refractivity contribution < 1.29 is 4.79 Å². The second-order valence-electron chi connectivity index (χ2n) is 6.31. The lowest BCUT2D eigenvalue weighted by Crippen LogP contribution is -2.63. The first-order valence-electron chi connectivity index (χ1n) is 7.03. The van der Waals surface area contributed by atoms with Crippen molar-refractivity contribution in [2.24, 2.45) is 0 Å². The summed E-state index contributed by atoms with van der Waals surface area (Å²) in [5.74, 6) is 0. The summed E-state index contributed by atoms with van der Waals surface area (Å²) in [4.78, 5) is 13.2. The van der Waals surface area contributed by atoms with E-state index in [1.54, 1.807) is 0 Å². The summed E-state index contributed by atoms with van der Waals surface area (Å²) in [6.45, 7) is 8.73. The van der Waals surface area contributed by atoms with Gasteiger partial charge in [-0.25, -0.2) is 0 Å². The number of hydrogen-bond acceptors (Lipinski definition) is 1. The third-order valence-electron chi connectivity index (χ3n) is 4.13. The van der Waals surface area contributed by atoms with Crippen LogP contribution in [0.3, 0.4) is 0 Å². The summed E-state index contributed by atoms with van der Waals surface area (Å²) < 4.78 is 0. The van der Waals surface area contributed by atoms with Gasteiger partial charge in [-0.05, 0) is 0 Å². The Balaban J connectivity index is 2.40. The summed E-state index contributed by atoms with van der Waals surface area (Å²) in [6.07, 6.45) is 0. The first-order chi connectivity index (χ1) is 9.37. The fraction of sp³-hybridized carbons (Fsp3) is 0.235. The fourth-order valence-corrected chi connectivity index (χ4v) is 12.4. The van der Waals surface area contributed by atoms with Crippen molar-refractivity contribution in [3.63, 3.8) is 0 Å². The lowest BCUT2D eigenvalue weighted by Gasteiger charge is -2.31. The van der Waals surface area contributed by atoms with Crippen LogP contribution >= 0.6 is 0 Å². The average molecular weight is 299 g/mol. The van der Waals surface area contributed by atoms with Crippen LogP contribution in [0.2, 0.25) is 26.2 Å². The van der Waals surface area contributed by atoms with Crippen LogP contribution in [-0.2, 0) is 0 Å². The van der Waals surface area contributed by atoms with Gasteiger partial charge in [0.15, 0.2) is 16.1 Å². The predicted molar refractivity (Wildman–Crippen MR) is 92.5 cm³/mol. The number of rotatable bonds is 4. The Morgan fingerprint density at radius 1 is 0.650 bits per heavy atom. The van der Waals surface area contributed by atoms with Crippen molar-refractivity contribution >= 4 is 31.6 Å². The van der Waals surface area contributed by atoms with Crippen molar-refractivity contribution in [3.05, 3.63) is 60.7 Å². The standard InChI is InChI=1S/C17H22OSi2/c1-19(2,15-11-7-5-8-12-15)17(18)20(3,4)16-13-9-6-10-14-16/h5-14H,1-4H3. The quantitative estimate of drug-likeness (QED) is 0.790. The van der Waals surface area contributed by atoms with Crippen LogP contribution in [0, 0.1) is 0 Å². The predicted octanol–water partition coefficient (Wildman–Crippen LogP) is 3.50. The smallest absolute Gasteiger partial charge is 0.151 e. The van der Waals surface area contributed by atoms with Gasteiger partial charge in [-0.15, -0.1) is 0 Å². The molecule has 20 heavy (non-hydrogen) atoms. The molecule has 0 aromatic heterocycles. The molecule has 104 valence electrons. The van der Waals surface area contributed by atoms with Gasteiger partial charge in [-0.3, -0.25) is 0 Å². The number of carbonyl (C=O) groups excluding carboxylic acids is 1. The lowest BCUT2D eigenvalue weighted by molar-refractivity contribution is 0.272. The molecule has 0 N–H and O–H groups in total. The van der Waals surface area contributed by atoms with Gasteiger partial charge in [0, 0.05) is 0 Å². The lowest BCUT2D eigenvalue weighted by atomic mass is 10.4. The zero-order valence-electron chi connectivity index (χ0n) is 12.7. The fourth-order valence-electron chi connectivity index (χ4n) is 2.75. The van der Waals surface area contributed by atoms with Crippen molar-refractivity contribution in [2.45, 2.75) is 26.2 Å². The number of carbonyl (C=O) groups is 1. The van der Waals surface area contributed by atoms with Crippen LogP contribution in [0.4, 0.5) is 4.79 Å². The maximum atomic E-state index is 13.2. The minimum Gasteiger partial charge on any atom is -0.310 e. The highest BCUT2D eigenvalue weighted by Gasteiger charge is 2.44. The number of hydrogen-bond donors (Lipinski definition) is 0. The van der Waals surface area contributed by atoms with Crippen LogP contribution in [0.15, 0.2) is 60.7 Å². The third kappa shape index (κ3) is 2.69. The summed E-state index contributed by atoms with van der Waals surface area (Å²) in [6, 6.07) is 20.6. The van der Waals surface area contributed by atoms with Crippen molar-refractivity contribution in [1.29, 1.82) is 0 Å². The van der Waals surface area contributed by atoms with E-state index in [1.165, 1.54) is 10.4 Å². The van der Waals surface area contributed by atoms with E-state index in [1.807, 2.05) is 36.4 Å². The molecule has 2 rings (SSSR count). The van der Waals surface area contributed by atoms with E-state index in [2.05, 4.69) is 50.5 Å². The first kappa shape index (κ1) is 14.9. The molecule has 0 spiro atoms. The Morgan fingerprint density at radius 3 is 1.25 bits per heavy atom. The summed E-state index contributed by atoms with van der Waals surface area (Å²) in [5.41, 5.74) is 0. The third-order valence-corrected chi connectivity index (χ3v) is 13.7. The minimum absolute atomic E-state index is 0.516. The number of benzene rings is 2. The Morgan fingerprint density at radius 2 is 0.950 bits per heavy atom. The van der Waals surface area contributed by atoms with Crippen molar-refractivity contribution in [2.75, 3.05) is 0 Å². The topological polar surface area (TPSA) is 17.1 Å². The van der Waals surface area contributed by atoms with Crippen molar-refractivity contribution in [1.82, 2.24) is 0 Å². The van der Waals surface area contributed by atoms with Crippen LogP contribution < -0.4 is 10.4 Å². The molecule has 0 aliphatic rings. The van der Waals surface area contributed by atoms with Gasteiger partial charge in [0.2, 0.25) is 0 Å². The Kier molecular flexibility index (Phi) is 4.11. The molecule has 2 aromatic rings. The molecule has 0 aliphatic heterocycles. The van der Waals surface area contributed by atoms with Gasteiger partial charge in [-0.2, -0.15) is 0 Å². The highest BCUT2D eigenvalue weighted by molar-refractivity contribution is 7.39. The van der Waals surface area contributed by atoms with Gasteiger partial charge in [0.05, 0.1) is 0 Å². The first-order valence-corrected chi connectivity index (χ1v) is 13.0. The van der Waals surface area contributed by atoms with Gasteiger partial charge in [-0.1, -0.05) is 97.2 Å². The Bertz CT molecular complexity index is 535. The molecule has 0 heterocycles. The summed E-state index contributed by atoms with van der Waals surface area (Å²) in [5, 5.41) is 2.99. The molecule has 0 saturated heterocycles. The zero-order chi connectivity index (χ0) is 14.8. The van der Waals surface area contributed by atoms with E-state index >= 15 is 0 Å². The van der Waals surface area contributed by atoms with E-state index in [9.17, 15) is 4.79 Å². The monoisotopic (exact) mass is 298 g/mol. The molecule has 3 heteroatoms. The molecule has 0 atom stereocenters. The van der Waals surface area contributed by atoms with E-state index in [0.717, 1.165) is 0 Å². The summed E-state index contributed by atoms with van der Waals surface area (Å²) in [7, 11) is -4.16.